The Bertz CT molecular complexity index is 655. The molecule has 1 heterocycles. The van der Waals surface area contributed by atoms with Crippen LogP contribution in [-0.2, 0) is 4.79 Å². The van der Waals surface area contributed by atoms with Gasteiger partial charge in [0, 0.05) is 28.3 Å². The van der Waals surface area contributed by atoms with Gasteiger partial charge in [-0.2, -0.15) is 0 Å². The number of rotatable bonds is 4. The molecular weight excluding hydrogens is 274 g/mol. The van der Waals surface area contributed by atoms with Crippen LogP contribution >= 0.6 is 11.6 Å². The number of amides is 1. The predicted octanol–water partition coefficient (Wildman–Crippen LogP) is 2.97. The summed E-state index contributed by atoms with van der Waals surface area (Å²) >= 11 is 5.97. The van der Waals surface area contributed by atoms with Crippen LogP contribution in [0.3, 0.4) is 0 Å². The number of hydrogen-bond donors (Lipinski definition) is 2. The third-order valence-corrected chi connectivity index (χ3v) is 3.63. The Hall–Kier alpha value is -1.81. The molecule has 1 amide bonds. The molecule has 5 heteroatoms. The van der Waals surface area contributed by atoms with Crippen LogP contribution in [0.15, 0.2) is 30.5 Å². The number of carbonyl (C=O) groups excluding carboxylic acids is 1. The van der Waals surface area contributed by atoms with Crippen molar-refractivity contribution in [3.05, 3.63) is 35.5 Å². The summed E-state index contributed by atoms with van der Waals surface area (Å²) in [6.07, 6.45) is 3.90. The van der Waals surface area contributed by atoms with E-state index in [0.717, 1.165) is 29.4 Å². The summed E-state index contributed by atoms with van der Waals surface area (Å²) in [5.41, 5.74) is 1.71. The van der Waals surface area contributed by atoms with E-state index in [9.17, 15) is 4.79 Å². The van der Waals surface area contributed by atoms with Crippen molar-refractivity contribution in [1.29, 1.82) is 0 Å². The van der Waals surface area contributed by atoms with Crippen LogP contribution in [0.4, 0.5) is 5.69 Å². The van der Waals surface area contributed by atoms with Gasteiger partial charge in [0.2, 0.25) is 5.91 Å². The van der Waals surface area contributed by atoms with Crippen molar-refractivity contribution in [2.75, 3.05) is 5.32 Å². The average Bonchev–Trinajstić information content (AvgIpc) is 3.22. The summed E-state index contributed by atoms with van der Waals surface area (Å²) < 4.78 is 0. The average molecular weight is 290 g/mol. The Balaban J connectivity index is 1.80. The van der Waals surface area contributed by atoms with E-state index in [4.69, 9.17) is 11.6 Å². The van der Waals surface area contributed by atoms with Crippen LogP contribution < -0.4 is 10.6 Å². The zero-order valence-electron chi connectivity index (χ0n) is 11.2. The fourth-order valence-electron chi connectivity index (χ4n) is 2.10. The second kappa shape index (κ2) is 5.29. The lowest BCUT2D eigenvalue weighted by atomic mass is 10.1. The SMILES string of the molecule is CC(Nc1ccnc2cc(Cl)ccc12)C(=O)NC1CC1. The van der Waals surface area contributed by atoms with Crippen LogP contribution in [0.5, 0.6) is 0 Å². The maximum absolute atomic E-state index is 12.0. The van der Waals surface area contributed by atoms with Crippen molar-refractivity contribution < 1.29 is 4.79 Å². The molecule has 1 aliphatic rings. The van der Waals surface area contributed by atoms with E-state index < -0.39 is 0 Å². The number of halogens is 1. The minimum atomic E-state index is -0.281. The molecule has 104 valence electrons. The third kappa shape index (κ3) is 2.85. The molecule has 1 aliphatic carbocycles. The number of fused-ring (bicyclic) bond motifs is 1. The van der Waals surface area contributed by atoms with Gasteiger partial charge in [-0.1, -0.05) is 11.6 Å². The minimum Gasteiger partial charge on any atom is -0.373 e. The van der Waals surface area contributed by atoms with Crippen molar-refractivity contribution in [2.45, 2.75) is 31.8 Å². The Morgan fingerprint density at radius 1 is 1.40 bits per heavy atom. The highest BCUT2D eigenvalue weighted by atomic mass is 35.5. The first kappa shape index (κ1) is 13.2. The van der Waals surface area contributed by atoms with Gasteiger partial charge in [0.1, 0.15) is 6.04 Å². The Kier molecular flexibility index (Phi) is 3.49. The van der Waals surface area contributed by atoms with Crippen molar-refractivity contribution in [1.82, 2.24) is 10.3 Å². The fraction of sp³-hybridized carbons (Fsp3) is 0.333. The Morgan fingerprint density at radius 3 is 2.95 bits per heavy atom. The van der Waals surface area contributed by atoms with E-state index >= 15 is 0 Å². The summed E-state index contributed by atoms with van der Waals surface area (Å²) in [6.45, 7) is 1.86. The summed E-state index contributed by atoms with van der Waals surface area (Å²) in [5, 5.41) is 7.85. The lowest BCUT2D eigenvalue weighted by Crippen LogP contribution is -2.38. The molecule has 2 aromatic rings. The molecule has 1 atom stereocenters. The van der Waals surface area contributed by atoms with E-state index in [-0.39, 0.29) is 11.9 Å². The third-order valence-electron chi connectivity index (χ3n) is 3.39. The molecule has 0 saturated heterocycles. The van der Waals surface area contributed by atoms with Crippen LogP contribution in [-0.4, -0.2) is 23.0 Å². The standard InChI is InChI=1S/C15H16ClN3O/c1-9(15(20)19-11-3-4-11)18-13-6-7-17-14-8-10(16)2-5-12(13)14/h2,5-9,11H,3-4H2,1H3,(H,17,18)(H,19,20). The number of pyridine rings is 1. The second-order valence-corrected chi connectivity index (χ2v) is 5.61. The van der Waals surface area contributed by atoms with Gasteiger partial charge in [-0.15, -0.1) is 0 Å². The molecule has 0 radical (unpaired) electrons. The number of anilines is 1. The minimum absolute atomic E-state index is 0.0337. The van der Waals surface area contributed by atoms with Crippen LogP contribution in [0.25, 0.3) is 10.9 Å². The zero-order chi connectivity index (χ0) is 14.1. The van der Waals surface area contributed by atoms with Gasteiger partial charge >= 0.3 is 0 Å². The van der Waals surface area contributed by atoms with Gasteiger partial charge in [-0.3, -0.25) is 9.78 Å². The van der Waals surface area contributed by atoms with Crippen molar-refractivity contribution in [3.8, 4) is 0 Å². The summed E-state index contributed by atoms with van der Waals surface area (Å²) in [4.78, 5) is 16.3. The molecule has 0 bridgehead atoms. The number of nitrogens with zero attached hydrogens (tertiary/aromatic N) is 1. The monoisotopic (exact) mass is 289 g/mol. The maximum atomic E-state index is 12.0. The first-order chi connectivity index (χ1) is 9.63. The molecule has 0 spiro atoms. The van der Waals surface area contributed by atoms with Crippen molar-refractivity contribution >= 4 is 34.1 Å². The predicted molar refractivity (Wildman–Crippen MR) is 81.0 cm³/mol. The summed E-state index contributed by atoms with van der Waals surface area (Å²) in [6, 6.07) is 7.52. The fourth-order valence-corrected chi connectivity index (χ4v) is 2.27. The highest BCUT2D eigenvalue weighted by Gasteiger charge is 2.25. The van der Waals surface area contributed by atoms with Gasteiger partial charge in [0.15, 0.2) is 0 Å². The van der Waals surface area contributed by atoms with Crippen molar-refractivity contribution in [3.63, 3.8) is 0 Å². The number of hydrogen-bond acceptors (Lipinski definition) is 3. The van der Waals surface area contributed by atoms with Gasteiger partial charge in [0.05, 0.1) is 5.52 Å². The summed E-state index contributed by atoms with van der Waals surface area (Å²) in [5.74, 6) is 0.0337. The van der Waals surface area contributed by atoms with E-state index in [1.165, 1.54) is 0 Å². The highest BCUT2D eigenvalue weighted by molar-refractivity contribution is 6.31. The van der Waals surface area contributed by atoms with Gasteiger partial charge in [-0.25, -0.2) is 0 Å². The molecule has 20 heavy (non-hydrogen) atoms. The largest absolute Gasteiger partial charge is 0.373 e. The first-order valence-electron chi connectivity index (χ1n) is 6.74. The molecule has 1 saturated carbocycles. The topological polar surface area (TPSA) is 54.0 Å². The second-order valence-electron chi connectivity index (χ2n) is 5.17. The maximum Gasteiger partial charge on any atom is 0.242 e. The van der Waals surface area contributed by atoms with Gasteiger partial charge in [0.25, 0.3) is 0 Å². The Morgan fingerprint density at radius 2 is 2.20 bits per heavy atom. The van der Waals surface area contributed by atoms with Gasteiger partial charge in [-0.05, 0) is 44.0 Å². The van der Waals surface area contributed by atoms with Crippen LogP contribution in [0.2, 0.25) is 5.02 Å². The molecular formula is C15H16ClN3O. The molecule has 1 aromatic carbocycles. The molecule has 0 aliphatic heterocycles. The molecule has 1 fully saturated rings. The molecule has 2 N–H and O–H groups in total. The lowest BCUT2D eigenvalue weighted by molar-refractivity contribution is -0.121. The molecule has 4 nitrogen and oxygen atoms in total. The highest BCUT2D eigenvalue weighted by Crippen LogP contribution is 2.25. The molecule has 1 unspecified atom stereocenters. The summed E-state index contributed by atoms with van der Waals surface area (Å²) in [7, 11) is 0. The number of aromatic nitrogens is 1. The first-order valence-corrected chi connectivity index (χ1v) is 7.12. The van der Waals surface area contributed by atoms with Gasteiger partial charge < -0.3 is 10.6 Å². The quantitative estimate of drug-likeness (QED) is 0.910. The van der Waals surface area contributed by atoms with E-state index in [1.54, 1.807) is 6.20 Å². The Labute approximate surface area is 122 Å². The van der Waals surface area contributed by atoms with E-state index in [0.29, 0.717) is 11.1 Å². The molecule has 3 rings (SSSR count). The van der Waals surface area contributed by atoms with Crippen molar-refractivity contribution in [2.24, 2.45) is 0 Å². The molecule has 1 aromatic heterocycles. The normalized spacial score (nSPS) is 15.9. The zero-order valence-corrected chi connectivity index (χ0v) is 11.9. The van der Waals surface area contributed by atoms with E-state index in [2.05, 4.69) is 15.6 Å². The smallest absolute Gasteiger partial charge is 0.242 e. The number of nitrogens with one attached hydrogen (secondary N) is 2. The van der Waals surface area contributed by atoms with Crippen LogP contribution in [0, 0.1) is 0 Å². The number of benzene rings is 1. The van der Waals surface area contributed by atoms with E-state index in [1.807, 2.05) is 31.2 Å². The lowest BCUT2D eigenvalue weighted by Gasteiger charge is -2.16. The number of carbonyl (C=O) groups is 1. The van der Waals surface area contributed by atoms with Crippen LogP contribution in [0.1, 0.15) is 19.8 Å².